The second-order valence-electron chi connectivity index (χ2n) is 4.58. The van der Waals surface area contributed by atoms with Crippen LogP contribution in [0.5, 0.6) is 0 Å². The van der Waals surface area contributed by atoms with Crippen molar-refractivity contribution in [2.24, 2.45) is 0 Å². The molecule has 1 aromatic rings. The summed E-state index contributed by atoms with van der Waals surface area (Å²) in [6.45, 7) is 5.21. The fourth-order valence-electron chi connectivity index (χ4n) is 2.22. The van der Waals surface area contributed by atoms with Gasteiger partial charge in [0.1, 0.15) is 12.2 Å². The Bertz CT molecular complexity index is 372. The molecular formula is C12H21N3OS2. The van der Waals surface area contributed by atoms with Crippen LogP contribution in [0.4, 0.5) is 0 Å². The number of rotatable bonds is 5. The number of hydrogen-bond acceptors (Lipinski definition) is 5. The third-order valence-electron chi connectivity index (χ3n) is 3.14. The molecule has 0 aromatic carbocycles. The predicted molar refractivity (Wildman–Crippen MR) is 78.2 cm³/mol. The first kappa shape index (κ1) is 14.2. The molecule has 4 nitrogen and oxygen atoms in total. The summed E-state index contributed by atoms with van der Waals surface area (Å²) in [5.74, 6) is 3.24. The van der Waals surface area contributed by atoms with Crippen LogP contribution in [-0.4, -0.2) is 48.0 Å². The van der Waals surface area contributed by atoms with Crippen molar-refractivity contribution in [2.45, 2.75) is 49.8 Å². The van der Waals surface area contributed by atoms with Crippen LogP contribution >= 0.6 is 23.5 Å². The van der Waals surface area contributed by atoms with Crippen molar-refractivity contribution in [3.63, 3.8) is 0 Å². The molecule has 1 aromatic heterocycles. The third-order valence-corrected chi connectivity index (χ3v) is 6.38. The van der Waals surface area contributed by atoms with Crippen molar-refractivity contribution in [1.29, 1.82) is 0 Å². The second-order valence-corrected chi connectivity index (χ2v) is 7.35. The zero-order valence-corrected chi connectivity index (χ0v) is 12.6. The van der Waals surface area contributed by atoms with Crippen LogP contribution in [0.15, 0.2) is 6.33 Å². The zero-order chi connectivity index (χ0) is 13.0. The number of hydrogen-bond donors (Lipinski definition) is 1. The van der Waals surface area contributed by atoms with Gasteiger partial charge in [-0.3, -0.25) is 4.68 Å². The maximum atomic E-state index is 10.4. The van der Waals surface area contributed by atoms with Gasteiger partial charge in [-0.2, -0.15) is 28.6 Å². The minimum Gasteiger partial charge on any atom is -0.391 e. The molecule has 6 heteroatoms. The van der Waals surface area contributed by atoms with Crippen LogP contribution in [0.2, 0.25) is 0 Å². The molecule has 18 heavy (non-hydrogen) atoms. The van der Waals surface area contributed by atoms with Gasteiger partial charge in [-0.15, -0.1) is 0 Å². The van der Waals surface area contributed by atoms with E-state index >= 15 is 0 Å². The fraction of sp³-hybridized carbons (Fsp3) is 0.833. The summed E-state index contributed by atoms with van der Waals surface area (Å²) < 4.78 is 1.91. The van der Waals surface area contributed by atoms with Gasteiger partial charge in [0, 0.05) is 35.0 Å². The lowest BCUT2D eigenvalue weighted by Gasteiger charge is -2.31. The zero-order valence-electron chi connectivity index (χ0n) is 11.0. The molecule has 3 atom stereocenters. The average molecular weight is 287 g/mol. The summed E-state index contributed by atoms with van der Waals surface area (Å²) in [4.78, 5) is 4.27. The molecule has 0 spiro atoms. The Morgan fingerprint density at radius 1 is 1.50 bits per heavy atom. The number of aromatic nitrogens is 3. The van der Waals surface area contributed by atoms with E-state index in [1.165, 1.54) is 5.75 Å². The van der Waals surface area contributed by atoms with Crippen LogP contribution in [-0.2, 0) is 13.0 Å². The van der Waals surface area contributed by atoms with Crippen LogP contribution in [0.3, 0.4) is 0 Å². The van der Waals surface area contributed by atoms with E-state index in [1.54, 1.807) is 6.33 Å². The van der Waals surface area contributed by atoms with Crippen LogP contribution in [0.25, 0.3) is 0 Å². The largest absolute Gasteiger partial charge is 0.391 e. The SMILES string of the molecule is CCCn1ncnc1CC(O)C1SCCSC1C. The van der Waals surface area contributed by atoms with Gasteiger partial charge in [-0.05, 0) is 6.42 Å². The molecule has 1 saturated heterocycles. The van der Waals surface area contributed by atoms with Crippen molar-refractivity contribution in [1.82, 2.24) is 14.8 Å². The van der Waals surface area contributed by atoms with Crippen LogP contribution in [0.1, 0.15) is 26.1 Å². The van der Waals surface area contributed by atoms with Crippen molar-refractivity contribution in [3.05, 3.63) is 12.2 Å². The molecular weight excluding hydrogens is 266 g/mol. The standard InChI is InChI=1S/C12H21N3OS2/c1-3-4-15-11(13-8-14-15)7-10(16)12-9(2)17-5-6-18-12/h8-10,12,16H,3-7H2,1-2H3. The third kappa shape index (κ3) is 3.42. The Hall–Kier alpha value is -0.200. The molecule has 1 N–H and O–H groups in total. The smallest absolute Gasteiger partial charge is 0.138 e. The van der Waals surface area contributed by atoms with E-state index in [9.17, 15) is 5.11 Å². The summed E-state index contributed by atoms with van der Waals surface area (Å²) in [7, 11) is 0. The minimum atomic E-state index is -0.322. The molecule has 0 saturated carbocycles. The normalized spacial score (nSPS) is 26.2. The van der Waals surface area contributed by atoms with E-state index in [0.29, 0.717) is 16.9 Å². The van der Waals surface area contributed by atoms with E-state index < -0.39 is 0 Å². The first-order chi connectivity index (χ1) is 8.72. The Balaban J connectivity index is 1.97. The van der Waals surface area contributed by atoms with E-state index in [0.717, 1.165) is 24.5 Å². The molecule has 0 bridgehead atoms. The van der Waals surface area contributed by atoms with Gasteiger partial charge in [0.05, 0.1) is 6.10 Å². The Labute approximate surface area is 117 Å². The highest BCUT2D eigenvalue weighted by Gasteiger charge is 2.30. The predicted octanol–water partition coefficient (Wildman–Crippen LogP) is 1.83. The molecule has 2 heterocycles. The van der Waals surface area contributed by atoms with Gasteiger partial charge in [0.25, 0.3) is 0 Å². The number of aliphatic hydroxyl groups is 1. The topological polar surface area (TPSA) is 50.9 Å². The van der Waals surface area contributed by atoms with Crippen molar-refractivity contribution in [2.75, 3.05) is 11.5 Å². The number of aliphatic hydroxyl groups excluding tert-OH is 1. The van der Waals surface area contributed by atoms with Gasteiger partial charge in [-0.1, -0.05) is 13.8 Å². The molecule has 0 radical (unpaired) electrons. The molecule has 1 aliphatic rings. The quantitative estimate of drug-likeness (QED) is 0.895. The summed E-state index contributed by atoms with van der Waals surface area (Å²) in [6, 6.07) is 0. The van der Waals surface area contributed by atoms with E-state index in [2.05, 4.69) is 23.9 Å². The fourth-order valence-corrected chi connectivity index (χ4v) is 5.07. The highest BCUT2D eigenvalue weighted by molar-refractivity contribution is 8.07. The van der Waals surface area contributed by atoms with Gasteiger partial charge in [0.15, 0.2) is 0 Å². The number of aryl methyl sites for hydroxylation is 1. The summed E-state index contributed by atoms with van der Waals surface area (Å²) in [6.07, 6.45) is 2.92. The lowest BCUT2D eigenvalue weighted by molar-refractivity contribution is 0.167. The summed E-state index contributed by atoms with van der Waals surface area (Å²) >= 11 is 3.85. The van der Waals surface area contributed by atoms with Gasteiger partial charge >= 0.3 is 0 Å². The lowest BCUT2D eigenvalue weighted by atomic mass is 10.1. The summed E-state index contributed by atoms with van der Waals surface area (Å²) in [5, 5.41) is 15.4. The maximum Gasteiger partial charge on any atom is 0.138 e. The molecule has 0 amide bonds. The lowest BCUT2D eigenvalue weighted by Crippen LogP contribution is -2.36. The first-order valence-corrected chi connectivity index (χ1v) is 8.60. The Morgan fingerprint density at radius 3 is 3.00 bits per heavy atom. The van der Waals surface area contributed by atoms with Gasteiger partial charge in [0.2, 0.25) is 0 Å². The number of nitrogens with zero attached hydrogens (tertiary/aromatic N) is 3. The Morgan fingerprint density at radius 2 is 2.28 bits per heavy atom. The van der Waals surface area contributed by atoms with Gasteiger partial charge in [-0.25, -0.2) is 4.98 Å². The average Bonchev–Trinajstić information content (AvgIpc) is 2.78. The van der Waals surface area contributed by atoms with Crippen molar-refractivity contribution < 1.29 is 5.11 Å². The highest BCUT2D eigenvalue weighted by atomic mass is 32.2. The molecule has 2 rings (SSSR count). The van der Waals surface area contributed by atoms with Crippen molar-refractivity contribution in [3.8, 4) is 0 Å². The monoisotopic (exact) mass is 287 g/mol. The molecule has 102 valence electrons. The Kier molecular flexibility index (Phi) is 5.38. The highest BCUT2D eigenvalue weighted by Crippen LogP contribution is 2.33. The maximum absolute atomic E-state index is 10.4. The first-order valence-electron chi connectivity index (χ1n) is 6.50. The van der Waals surface area contributed by atoms with Crippen molar-refractivity contribution >= 4 is 23.5 Å². The minimum absolute atomic E-state index is 0.315. The second kappa shape index (κ2) is 6.82. The van der Waals surface area contributed by atoms with Crippen LogP contribution < -0.4 is 0 Å². The molecule has 1 aliphatic heterocycles. The number of thioether (sulfide) groups is 2. The van der Waals surface area contributed by atoms with Crippen LogP contribution in [0, 0.1) is 0 Å². The van der Waals surface area contributed by atoms with E-state index in [1.807, 2.05) is 28.2 Å². The van der Waals surface area contributed by atoms with Gasteiger partial charge < -0.3 is 5.11 Å². The molecule has 1 fully saturated rings. The molecule has 0 aliphatic carbocycles. The summed E-state index contributed by atoms with van der Waals surface area (Å²) in [5.41, 5.74) is 0. The van der Waals surface area contributed by atoms with E-state index in [-0.39, 0.29) is 6.10 Å². The van der Waals surface area contributed by atoms with E-state index in [4.69, 9.17) is 0 Å². The molecule has 3 unspecified atom stereocenters.